The van der Waals surface area contributed by atoms with Gasteiger partial charge in [0.15, 0.2) is 10.7 Å². The first kappa shape index (κ1) is 31.0. The van der Waals surface area contributed by atoms with Crippen molar-refractivity contribution in [3.05, 3.63) is 84.2 Å². The fraction of sp³-hybridized carbons (Fsp3) is 0.194. The van der Waals surface area contributed by atoms with Crippen LogP contribution in [0.2, 0.25) is 0 Å². The Morgan fingerprint density at radius 1 is 1.00 bits per heavy atom. The average Bonchev–Trinajstić information content (AvgIpc) is 3.02. The van der Waals surface area contributed by atoms with Gasteiger partial charge in [-0.2, -0.15) is 5.26 Å². The van der Waals surface area contributed by atoms with Gasteiger partial charge in [-0.3, -0.25) is 19.3 Å². The number of nitrogens with one attached hydrogen (secondary N) is 1. The number of piperazine rings is 1. The lowest BCUT2D eigenvalue weighted by Crippen LogP contribution is -2.48. The minimum absolute atomic E-state index is 0.125. The molecule has 1 saturated heterocycles. The zero-order chi connectivity index (χ0) is 32.3. The number of pyridine rings is 2. The first-order valence-corrected chi connectivity index (χ1v) is 15.1. The molecule has 0 radical (unpaired) electrons. The highest BCUT2D eigenvalue weighted by atomic mass is 32.2. The molecule has 0 bridgehead atoms. The minimum atomic E-state index is -4.71. The molecular formula is C31H26F2N6O5S. The first-order chi connectivity index (χ1) is 21.5. The Bertz CT molecular complexity index is 1980. The van der Waals surface area contributed by atoms with Crippen molar-refractivity contribution in [1.82, 2.24) is 14.9 Å². The number of aromatic nitrogens is 2. The molecule has 1 aliphatic heterocycles. The number of amides is 1. The SMILES string of the molecule is COc1ncc(-c2ccc3ncc(C#N)c(N4CCN(C(=O)C=CC(C)=O)CC4)c3c2)cc1NS(=O)(=O)c1c(F)cccc1F. The van der Waals surface area contributed by atoms with Gasteiger partial charge in [-0.05, 0) is 48.9 Å². The molecule has 0 spiro atoms. The van der Waals surface area contributed by atoms with E-state index in [4.69, 9.17) is 4.74 Å². The van der Waals surface area contributed by atoms with Gasteiger partial charge in [-0.1, -0.05) is 12.1 Å². The van der Waals surface area contributed by atoms with Crippen molar-refractivity contribution in [3.8, 4) is 23.1 Å². The Kier molecular flexibility index (Phi) is 8.73. The summed E-state index contributed by atoms with van der Waals surface area (Å²) in [5.74, 6) is -3.14. The Hall–Kier alpha value is -5.42. The number of fused-ring (bicyclic) bond motifs is 1. The van der Waals surface area contributed by atoms with Crippen molar-refractivity contribution in [2.24, 2.45) is 0 Å². The fourth-order valence-corrected chi connectivity index (χ4v) is 6.19. The van der Waals surface area contributed by atoms with Gasteiger partial charge in [0.05, 0.1) is 23.9 Å². The van der Waals surface area contributed by atoms with Crippen LogP contribution < -0.4 is 14.4 Å². The molecule has 3 heterocycles. The summed E-state index contributed by atoms with van der Waals surface area (Å²) in [4.78, 5) is 34.8. The molecule has 1 amide bonds. The number of allylic oxidation sites excluding steroid dienone is 1. The average molecular weight is 633 g/mol. The quantitative estimate of drug-likeness (QED) is 0.284. The van der Waals surface area contributed by atoms with Crippen molar-refractivity contribution in [3.63, 3.8) is 0 Å². The Morgan fingerprint density at radius 2 is 1.71 bits per heavy atom. The molecule has 11 nitrogen and oxygen atoms in total. The molecule has 5 rings (SSSR count). The summed E-state index contributed by atoms with van der Waals surface area (Å²) in [6, 6.07) is 11.6. The van der Waals surface area contributed by atoms with Gasteiger partial charge < -0.3 is 14.5 Å². The maximum absolute atomic E-state index is 14.3. The predicted molar refractivity (Wildman–Crippen MR) is 162 cm³/mol. The number of benzene rings is 2. The maximum atomic E-state index is 14.3. The molecule has 45 heavy (non-hydrogen) atoms. The second-order valence-corrected chi connectivity index (χ2v) is 11.7. The molecule has 0 aliphatic carbocycles. The summed E-state index contributed by atoms with van der Waals surface area (Å²) in [6.45, 7) is 2.93. The minimum Gasteiger partial charge on any atom is -0.480 e. The van der Waals surface area contributed by atoms with Gasteiger partial charge in [0, 0.05) is 55.6 Å². The predicted octanol–water partition coefficient (Wildman–Crippen LogP) is 4.05. The van der Waals surface area contributed by atoms with Gasteiger partial charge in [0.1, 0.15) is 23.4 Å². The van der Waals surface area contributed by atoms with E-state index < -0.39 is 26.6 Å². The number of nitriles is 1. The number of halogens is 2. The molecule has 2 aromatic heterocycles. The van der Waals surface area contributed by atoms with E-state index in [0.29, 0.717) is 59.5 Å². The fourth-order valence-electron chi connectivity index (χ4n) is 5.01. The van der Waals surface area contributed by atoms with E-state index >= 15 is 0 Å². The van der Waals surface area contributed by atoms with E-state index in [0.717, 1.165) is 18.2 Å². The van der Waals surface area contributed by atoms with E-state index in [2.05, 4.69) is 20.8 Å². The van der Waals surface area contributed by atoms with Gasteiger partial charge in [0.25, 0.3) is 10.0 Å². The van der Waals surface area contributed by atoms with E-state index in [-0.39, 0.29) is 23.3 Å². The molecule has 2 aromatic carbocycles. The molecule has 0 atom stereocenters. The number of ether oxygens (including phenoxy) is 1. The third kappa shape index (κ3) is 6.43. The summed E-state index contributed by atoms with van der Waals surface area (Å²) in [5.41, 5.74) is 2.40. The molecule has 14 heteroatoms. The van der Waals surface area contributed by atoms with Crippen LogP contribution in [0.25, 0.3) is 22.0 Å². The van der Waals surface area contributed by atoms with Crippen LogP contribution in [0.3, 0.4) is 0 Å². The molecule has 1 N–H and O–H groups in total. The van der Waals surface area contributed by atoms with Crippen molar-refractivity contribution in [2.45, 2.75) is 11.8 Å². The van der Waals surface area contributed by atoms with Gasteiger partial charge in [-0.25, -0.2) is 22.2 Å². The van der Waals surface area contributed by atoms with Crippen LogP contribution in [0, 0.1) is 23.0 Å². The van der Waals surface area contributed by atoms with Crippen LogP contribution in [0.15, 0.2) is 71.9 Å². The highest BCUT2D eigenvalue weighted by Gasteiger charge is 2.27. The number of carbonyl (C=O) groups is 2. The van der Waals surface area contributed by atoms with Crippen molar-refractivity contribution < 1.29 is 31.5 Å². The Morgan fingerprint density at radius 3 is 2.36 bits per heavy atom. The van der Waals surface area contributed by atoms with Gasteiger partial charge >= 0.3 is 0 Å². The summed E-state index contributed by atoms with van der Waals surface area (Å²) in [5, 5.41) is 10.6. The summed E-state index contributed by atoms with van der Waals surface area (Å²) < 4.78 is 62.0. The van der Waals surface area contributed by atoms with Crippen LogP contribution in [-0.2, 0) is 19.6 Å². The molecule has 0 saturated carbocycles. The number of hydrogen-bond donors (Lipinski definition) is 1. The lowest BCUT2D eigenvalue weighted by Gasteiger charge is -2.36. The highest BCUT2D eigenvalue weighted by molar-refractivity contribution is 7.92. The third-order valence-electron chi connectivity index (χ3n) is 7.14. The monoisotopic (exact) mass is 632 g/mol. The first-order valence-electron chi connectivity index (χ1n) is 13.6. The molecule has 4 aromatic rings. The van der Waals surface area contributed by atoms with Crippen LogP contribution in [0.5, 0.6) is 5.88 Å². The molecular weight excluding hydrogens is 606 g/mol. The molecule has 230 valence electrons. The van der Waals surface area contributed by atoms with Crippen molar-refractivity contribution >= 4 is 44.0 Å². The van der Waals surface area contributed by atoms with Crippen LogP contribution >= 0.6 is 0 Å². The Balaban J connectivity index is 1.50. The molecule has 0 unspecified atom stereocenters. The number of sulfonamides is 1. The van der Waals surface area contributed by atoms with Gasteiger partial charge in [0.2, 0.25) is 11.8 Å². The van der Waals surface area contributed by atoms with Crippen molar-refractivity contribution in [2.75, 3.05) is 42.9 Å². The Labute approximate surface area is 257 Å². The second-order valence-electron chi connectivity index (χ2n) is 10.1. The van der Waals surface area contributed by atoms with Crippen LogP contribution in [0.1, 0.15) is 12.5 Å². The number of rotatable bonds is 8. The molecule has 1 aliphatic rings. The number of ketones is 1. The lowest BCUT2D eigenvalue weighted by atomic mass is 10.0. The number of hydrogen-bond acceptors (Lipinski definition) is 9. The lowest BCUT2D eigenvalue weighted by molar-refractivity contribution is -0.126. The normalized spacial score (nSPS) is 13.6. The smallest absolute Gasteiger partial charge is 0.267 e. The van der Waals surface area contributed by atoms with Crippen LogP contribution in [-0.4, -0.2) is 68.3 Å². The van der Waals surface area contributed by atoms with E-state index in [9.17, 15) is 32.0 Å². The van der Waals surface area contributed by atoms with E-state index in [1.54, 1.807) is 23.1 Å². The molecule has 1 fully saturated rings. The number of methoxy groups -OCH3 is 1. The summed E-state index contributed by atoms with van der Waals surface area (Å²) in [7, 11) is -3.44. The van der Waals surface area contributed by atoms with E-state index in [1.807, 2.05) is 4.90 Å². The largest absolute Gasteiger partial charge is 0.480 e. The second kappa shape index (κ2) is 12.7. The van der Waals surface area contributed by atoms with Gasteiger partial charge in [-0.15, -0.1) is 0 Å². The van der Waals surface area contributed by atoms with Crippen LogP contribution in [0.4, 0.5) is 20.2 Å². The maximum Gasteiger partial charge on any atom is 0.267 e. The third-order valence-corrected chi connectivity index (χ3v) is 8.55. The number of carbonyl (C=O) groups excluding carboxylic acids is 2. The zero-order valence-electron chi connectivity index (χ0n) is 24.1. The van der Waals surface area contributed by atoms with E-state index in [1.165, 1.54) is 44.6 Å². The topological polar surface area (TPSA) is 146 Å². The standard InChI is InChI=1S/C31H26F2N6O5S/c1-19(40)6-9-28(41)38-10-12-39(13-11-38)29-22(16-34)18-35-26-8-7-20(14-23(26)29)21-15-27(31(44-2)36-17-21)37-45(42,43)30-24(32)4-3-5-25(30)33/h3-9,14-15,17-18,37H,10-13H2,1-2H3. The summed E-state index contributed by atoms with van der Waals surface area (Å²) in [6.07, 6.45) is 5.40. The van der Waals surface area contributed by atoms with Crippen molar-refractivity contribution in [1.29, 1.82) is 5.26 Å². The number of nitrogens with zero attached hydrogens (tertiary/aromatic N) is 5. The highest BCUT2D eigenvalue weighted by Crippen LogP contribution is 2.36. The number of anilines is 2. The zero-order valence-corrected chi connectivity index (χ0v) is 24.9. The summed E-state index contributed by atoms with van der Waals surface area (Å²) >= 11 is 0.